The van der Waals surface area contributed by atoms with Crippen LogP contribution in [0.3, 0.4) is 0 Å². The van der Waals surface area contributed by atoms with E-state index in [4.69, 9.17) is 0 Å². The zero-order chi connectivity index (χ0) is 11.4. The van der Waals surface area contributed by atoms with Crippen molar-refractivity contribution < 1.29 is 0 Å². The molecule has 1 heteroatoms. The van der Waals surface area contributed by atoms with Crippen LogP contribution in [0.4, 0.5) is 0 Å². The van der Waals surface area contributed by atoms with Crippen molar-refractivity contribution in [2.24, 2.45) is 5.92 Å². The first-order valence-electron chi connectivity index (χ1n) is 5.77. The highest BCUT2D eigenvalue weighted by Crippen LogP contribution is 2.18. The van der Waals surface area contributed by atoms with Gasteiger partial charge in [0.15, 0.2) is 0 Å². The minimum absolute atomic E-state index is 0.712. The van der Waals surface area contributed by atoms with Crippen molar-refractivity contribution in [2.45, 2.75) is 20.3 Å². The topological polar surface area (TPSA) is 12.9 Å². The number of benzene rings is 1. The summed E-state index contributed by atoms with van der Waals surface area (Å²) in [5.41, 5.74) is 2.32. The first-order chi connectivity index (χ1) is 7.77. The van der Waals surface area contributed by atoms with Gasteiger partial charge in [-0.3, -0.25) is 4.98 Å². The van der Waals surface area contributed by atoms with E-state index in [0.717, 1.165) is 11.9 Å². The fourth-order valence-electron chi connectivity index (χ4n) is 1.74. The van der Waals surface area contributed by atoms with E-state index < -0.39 is 0 Å². The third-order valence-corrected chi connectivity index (χ3v) is 2.58. The number of nitrogens with zero attached hydrogens (tertiary/aromatic N) is 1. The van der Waals surface area contributed by atoms with E-state index in [0.29, 0.717) is 5.92 Å². The second-order valence-electron chi connectivity index (χ2n) is 4.45. The summed E-state index contributed by atoms with van der Waals surface area (Å²) in [6.45, 7) is 4.46. The van der Waals surface area contributed by atoms with E-state index >= 15 is 0 Å². The molecule has 0 unspecified atom stereocenters. The second-order valence-corrected chi connectivity index (χ2v) is 4.45. The first kappa shape index (κ1) is 10.9. The molecular formula is C15H17N. The molecule has 16 heavy (non-hydrogen) atoms. The molecule has 1 heterocycles. The molecule has 0 aliphatic heterocycles. The normalized spacial score (nSPS) is 11.7. The summed E-state index contributed by atoms with van der Waals surface area (Å²) in [4.78, 5) is 4.35. The van der Waals surface area contributed by atoms with Crippen molar-refractivity contribution >= 4 is 17.0 Å². The fraction of sp³-hybridized carbons (Fsp3) is 0.267. The molecule has 0 N–H and O–H groups in total. The highest BCUT2D eigenvalue weighted by molar-refractivity contribution is 5.87. The van der Waals surface area contributed by atoms with E-state index in [9.17, 15) is 0 Å². The summed E-state index contributed by atoms with van der Waals surface area (Å²) in [6, 6.07) is 10.4. The second kappa shape index (κ2) is 4.93. The Morgan fingerprint density at radius 1 is 1.19 bits per heavy atom. The van der Waals surface area contributed by atoms with Gasteiger partial charge in [0.1, 0.15) is 0 Å². The summed E-state index contributed by atoms with van der Waals surface area (Å²) < 4.78 is 0. The summed E-state index contributed by atoms with van der Waals surface area (Å²) >= 11 is 0. The van der Waals surface area contributed by atoms with Gasteiger partial charge in [0.05, 0.1) is 5.52 Å². The van der Waals surface area contributed by atoms with Crippen molar-refractivity contribution in [3.8, 4) is 0 Å². The van der Waals surface area contributed by atoms with Crippen LogP contribution in [0.25, 0.3) is 17.0 Å². The van der Waals surface area contributed by atoms with Crippen LogP contribution in [0, 0.1) is 5.92 Å². The van der Waals surface area contributed by atoms with E-state index in [1.165, 1.54) is 10.9 Å². The number of fused-ring (bicyclic) bond motifs is 1. The van der Waals surface area contributed by atoms with Gasteiger partial charge in [-0.05, 0) is 30.0 Å². The predicted molar refractivity (Wildman–Crippen MR) is 70.2 cm³/mol. The maximum absolute atomic E-state index is 4.35. The van der Waals surface area contributed by atoms with Crippen LogP contribution in [-0.4, -0.2) is 4.98 Å². The molecule has 0 saturated carbocycles. The molecule has 82 valence electrons. The molecule has 0 radical (unpaired) electrons. The highest BCUT2D eigenvalue weighted by Gasteiger charge is 1.97. The number of pyridine rings is 1. The predicted octanol–water partition coefficient (Wildman–Crippen LogP) is 4.29. The van der Waals surface area contributed by atoms with Gasteiger partial charge in [0, 0.05) is 11.6 Å². The number of rotatable bonds is 3. The van der Waals surface area contributed by atoms with Gasteiger partial charge in [0.25, 0.3) is 0 Å². The molecule has 0 saturated heterocycles. The molecule has 2 rings (SSSR count). The molecule has 1 nitrogen and oxygen atoms in total. The molecule has 0 fully saturated rings. The zero-order valence-electron chi connectivity index (χ0n) is 9.85. The summed E-state index contributed by atoms with van der Waals surface area (Å²) in [5, 5.41) is 1.23. The zero-order valence-corrected chi connectivity index (χ0v) is 9.85. The van der Waals surface area contributed by atoms with Gasteiger partial charge in [0.2, 0.25) is 0 Å². The summed E-state index contributed by atoms with van der Waals surface area (Å²) in [5.74, 6) is 0.712. The van der Waals surface area contributed by atoms with Crippen LogP contribution in [-0.2, 0) is 0 Å². The lowest BCUT2D eigenvalue weighted by molar-refractivity contribution is 0.665. The molecule has 0 amide bonds. The van der Waals surface area contributed by atoms with Crippen LogP contribution >= 0.6 is 0 Å². The van der Waals surface area contributed by atoms with E-state index in [1.54, 1.807) is 0 Å². The monoisotopic (exact) mass is 211 g/mol. The van der Waals surface area contributed by atoms with Gasteiger partial charge in [-0.1, -0.05) is 44.2 Å². The average Bonchev–Trinajstić information content (AvgIpc) is 2.29. The smallest absolute Gasteiger partial charge is 0.0707 e. The fourth-order valence-corrected chi connectivity index (χ4v) is 1.74. The molecule has 0 bridgehead atoms. The number of allylic oxidation sites excluding steroid dienone is 1. The van der Waals surface area contributed by atoms with Crippen LogP contribution in [0.5, 0.6) is 0 Å². The van der Waals surface area contributed by atoms with E-state index in [-0.39, 0.29) is 0 Å². The number of hydrogen-bond acceptors (Lipinski definition) is 1. The summed E-state index contributed by atoms with van der Waals surface area (Å²) in [6.07, 6.45) is 7.40. The molecule has 0 aliphatic carbocycles. The quantitative estimate of drug-likeness (QED) is 0.737. The maximum Gasteiger partial charge on any atom is 0.0707 e. The maximum atomic E-state index is 4.35. The molecule has 0 atom stereocenters. The standard InChI is InChI=1S/C15H17N/c1-12(2)6-3-7-13-8-4-10-15-14(13)9-5-11-16-15/h3-5,7-12H,6H2,1-2H3/b7-3+. The van der Waals surface area contributed by atoms with E-state index in [2.05, 4.69) is 55.2 Å². The van der Waals surface area contributed by atoms with Crippen molar-refractivity contribution in [1.82, 2.24) is 4.98 Å². The first-order valence-corrected chi connectivity index (χ1v) is 5.77. The SMILES string of the molecule is CC(C)C/C=C/c1cccc2ncccc12. The Morgan fingerprint density at radius 3 is 2.88 bits per heavy atom. The largest absolute Gasteiger partial charge is 0.256 e. The third kappa shape index (κ3) is 2.48. The summed E-state index contributed by atoms with van der Waals surface area (Å²) in [7, 11) is 0. The molecule has 1 aromatic heterocycles. The van der Waals surface area contributed by atoms with Crippen molar-refractivity contribution in [1.29, 1.82) is 0 Å². The lowest BCUT2D eigenvalue weighted by atomic mass is 10.1. The molecule has 0 spiro atoms. The molecular weight excluding hydrogens is 194 g/mol. The van der Waals surface area contributed by atoms with Crippen molar-refractivity contribution in [3.63, 3.8) is 0 Å². The lowest BCUT2D eigenvalue weighted by Crippen LogP contribution is -1.83. The Bertz CT molecular complexity index is 492. The van der Waals surface area contributed by atoms with Gasteiger partial charge < -0.3 is 0 Å². The minimum atomic E-state index is 0.712. The van der Waals surface area contributed by atoms with Gasteiger partial charge >= 0.3 is 0 Å². The molecule has 1 aromatic carbocycles. The molecule has 2 aromatic rings. The Balaban J connectivity index is 2.34. The van der Waals surface area contributed by atoms with Crippen molar-refractivity contribution in [3.05, 3.63) is 48.2 Å². The van der Waals surface area contributed by atoms with Crippen LogP contribution in [0.15, 0.2) is 42.6 Å². The minimum Gasteiger partial charge on any atom is -0.256 e. The van der Waals surface area contributed by atoms with Crippen LogP contribution < -0.4 is 0 Å². The van der Waals surface area contributed by atoms with Gasteiger partial charge in [-0.15, -0.1) is 0 Å². The Labute approximate surface area is 96.8 Å². The number of aromatic nitrogens is 1. The highest BCUT2D eigenvalue weighted by atomic mass is 14.6. The Kier molecular flexibility index (Phi) is 3.35. The Hall–Kier alpha value is -1.63. The average molecular weight is 211 g/mol. The number of hydrogen-bond donors (Lipinski definition) is 0. The van der Waals surface area contributed by atoms with Crippen LogP contribution in [0.1, 0.15) is 25.8 Å². The third-order valence-electron chi connectivity index (χ3n) is 2.58. The van der Waals surface area contributed by atoms with Crippen molar-refractivity contribution in [2.75, 3.05) is 0 Å². The van der Waals surface area contributed by atoms with Gasteiger partial charge in [-0.25, -0.2) is 0 Å². The Morgan fingerprint density at radius 2 is 2.06 bits per heavy atom. The molecule has 0 aliphatic rings. The van der Waals surface area contributed by atoms with Crippen LogP contribution in [0.2, 0.25) is 0 Å². The van der Waals surface area contributed by atoms with E-state index in [1.807, 2.05) is 12.3 Å². The lowest BCUT2D eigenvalue weighted by Gasteiger charge is -2.01. The van der Waals surface area contributed by atoms with Gasteiger partial charge in [-0.2, -0.15) is 0 Å².